The zero-order valence-electron chi connectivity index (χ0n) is 10.2. The van der Waals surface area contributed by atoms with Crippen molar-refractivity contribution >= 4 is 32.6 Å². The van der Waals surface area contributed by atoms with Crippen LogP contribution in [0, 0.1) is 0 Å². The van der Waals surface area contributed by atoms with Crippen molar-refractivity contribution in [3.8, 4) is 0 Å². The van der Waals surface area contributed by atoms with Crippen LogP contribution in [0.25, 0.3) is 0 Å². The summed E-state index contributed by atoms with van der Waals surface area (Å²) in [5, 5.41) is 0.413. The molecule has 0 aromatic rings. The van der Waals surface area contributed by atoms with E-state index in [0.29, 0.717) is 5.06 Å². The van der Waals surface area contributed by atoms with E-state index in [1.165, 1.54) is 4.72 Å². The molecular formula is C7H11N3O9S2. The van der Waals surface area contributed by atoms with Crippen LogP contribution in [-0.2, 0) is 29.8 Å². The number of hydroxylamine groups is 2. The summed E-state index contributed by atoms with van der Waals surface area (Å²) in [4.78, 5) is 24.5. The van der Waals surface area contributed by atoms with Gasteiger partial charge in [-0.1, -0.05) is 0 Å². The SMILES string of the molecule is O=C(NS(=O)(=O)O)[C@H]1CCC2CN1C(=O)N2OS(=O)(=O)O. The molecule has 0 spiro atoms. The molecule has 2 heterocycles. The first-order valence-corrected chi connectivity index (χ1v) is 8.34. The standard InChI is InChI=1S/C7H11N3O9S2/c11-6(8-20(13,14)15)5-2-1-4-3-9(5)7(12)10(4)19-21(16,17)18/h4-5H,1-3H2,(H,8,11)(H,13,14,15)(H,16,17,18)/t4?,5-/m1/s1. The summed E-state index contributed by atoms with van der Waals surface area (Å²) in [6.45, 7) is -0.0854. The van der Waals surface area contributed by atoms with E-state index in [4.69, 9.17) is 9.11 Å². The van der Waals surface area contributed by atoms with Crippen molar-refractivity contribution in [2.45, 2.75) is 24.9 Å². The lowest BCUT2D eigenvalue weighted by molar-refractivity contribution is -0.124. The number of urea groups is 1. The molecule has 2 rings (SSSR count). The molecule has 3 amide bonds. The van der Waals surface area contributed by atoms with E-state index in [2.05, 4.69) is 4.28 Å². The average molecular weight is 345 g/mol. The van der Waals surface area contributed by atoms with Crippen LogP contribution >= 0.6 is 0 Å². The summed E-state index contributed by atoms with van der Waals surface area (Å²) < 4.78 is 65.1. The van der Waals surface area contributed by atoms with Crippen LogP contribution in [-0.4, -0.2) is 66.5 Å². The molecule has 0 aliphatic carbocycles. The van der Waals surface area contributed by atoms with E-state index in [0.717, 1.165) is 4.90 Å². The number of carbonyl (C=O) groups excluding carboxylic acids is 2. The number of amides is 3. The number of fused-ring (bicyclic) bond motifs is 2. The molecule has 2 atom stereocenters. The molecule has 2 saturated heterocycles. The molecule has 2 fully saturated rings. The lowest BCUT2D eigenvalue weighted by atomic mass is 10.0. The second-order valence-corrected chi connectivity index (χ2v) is 6.61. The minimum absolute atomic E-state index is 0.0308. The fourth-order valence-corrected chi connectivity index (χ4v) is 3.08. The van der Waals surface area contributed by atoms with Gasteiger partial charge < -0.3 is 4.90 Å². The maximum absolute atomic E-state index is 11.9. The molecule has 0 saturated carbocycles. The molecule has 12 nitrogen and oxygen atoms in total. The summed E-state index contributed by atoms with van der Waals surface area (Å²) in [7, 11) is -9.67. The summed E-state index contributed by atoms with van der Waals surface area (Å²) in [5.41, 5.74) is 0. The first-order valence-electron chi connectivity index (χ1n) is 5.54. The van der Waals surface area contributed by atoms with Gasteiger partial charge in [0.15, 0.2) is 0 Å². The van der Waals surface area contributed by atoms with Crippen molar-refractivity contribution in [1.82, 2.24) is 14.7 Å². The van der Waals surface area contributed by atoms with E-state index in [1.807, 2.05) is 0 Å². The maximum Gasteiger partial charge on any atom is 0.418 e. The van der Waals surface area contributed by atoms with Crippen molar-refractivity contribution in [1.29, 1.82) is 0 Å². The summed E-state index contributed by atoms with van der Waals surface area (Å²) in [5.74, 6) is -1.13. The Morgan fingerprint density at radius 3 is 2.38 bits per heavy atom. The van der Waals surface area contributed by atoms with Crippen LogP contribution in [0.5, 0.6) is 0 Å². The van der Waals surface area contributed by atoms with Gasteiger partial charge in [-0.25, -0.2) is 9.52 Å². The molecule has 3 N–H and O–H groups in total. The van der Waals surface area contributed by atoms with Gasteiger partial charge in [0, 0.05) is 6.54 Å². The van der Waals surface area contributed by atoms with Crippen LogP contribution in [0.15, 0.2) is 0 Å². The third-order valence-corrected chi connectivity index (χ3v) is 3.84. The highest BCUT2D eigenvalue weighted by molar-refractivity contribution is 7.84. The zero-order chi connectivity index (χ0) is 16.0. The molecule has 2 aliphatic heterocycles. The Balaban J connectivity index is 2.16. The van der Waals surface area contributed by atoms with Crippen LogP contribution in [0.2, 0.25) is 0 Å². The van der Waals surface area contributed by atoms with Gasteiger partial charge in [-0.15, -0.1) is 4.28 Å². The first kappa shape index (κ1) is 15.9. The quantitative estimate of drug-likeness (QED) is 0.483. The fourth-order valence-electron chi connectivity index (χ4n) is 2.30. The minimum atomic E-state index is -4.90. The van der Waals surface area contributed by atoms with E-state index < -0.39 is 44.7 Å². The Kier molecular flexibility index (Phi) is 3.83. The van der Waals surface area contributed by atoms with Crippen molar-refractivity contribution in [3.05, 3.63) is 0 Å². The van der Waals surface area contributed by atoms with Gasteiger partial charge in [0.25, 0.3) is 5.91 Å². The molecular weight excluding hydrogens is 334 g/mol. The van der Waals surface area contributed by atoms with Gasteiger partial charge in [-0.2, -0.15) is 21.9 Å². The van der Waals surface area contributed by atoms with E-state index >= 15 is 0 Å². The van der Waals surface area contributed by atoms with Gasteiger partial charge in [0.1, 0.15) is 6.04 Å². The number of hydrogen-bond donors (Lipinski definition) is 3. The highest BCUT2D eigenvalue weighted by Crippen LogP contribution is 2.30. The third-order valence-electron chi connectivity index (χ3n) is 3.03. The highest BCUT2D eigenvalue weighted by Gasteiger charge is 2.49. The molecule has 21 heavy (non-hydrogen) atoms. The number of rotatable bonds is 4. The second kappa shape index (κ2) is 5.06. The Bertz CT molecular complexity index is 671. The van der Waals surface area contributed by atoms with Gasteiger partial charge in [-0.05, 0) is 12.8 Å². The normalized spacial score (nSPS) is 26.1. The van der Waals surface area contributed by atoms with Crippen LogP contribution in [0.3, 0.4) is 0 Å². The minimum Gasteiger partial charge on any atom is -0.309 e. The van der Waals surface area contributed by atoms with Gasteiger partial charge in [0.05, 0.1) is 6.04 Å². The van der Waals surface area contributed by atoms with Crippen molar-refractivity contribution in [2.75, 3.05) is 6.54 Å². The summed E-state index contributed by atoms with van der Waals surface area (Å²) >= 11 is 0. The number of hydrogen-bond acceptors (Lipinski definition) is 7. The van der Waals surface area contributed by atoms with Gasteiger partial charge in [-0.3, -0.25) is 13.9 Å². The Morgan fingerprint density at radius 1 is 1.24 bits per heavy atom. The molecule has 0 radical (unpaired) electrons. The predicted octanol–water partition coefficient (Wildman–Crippen LogP) is -2.09. The Morgan fingerprint density at radius 2 is 1.86 bits per heavy atom. The zero-order valence-corrected chi connectivity index (χ0v) is 11.9. The molecule has 2 aliphatic rings. The molecule has 14 heteroatoms. The van der Waals surface area contributed by atoms with E-state index in [9.17, 15) is 26.4 Å². The van der Waals surface area contributed by atoms with E-state index in [1.54, 1.807) is 0 Å². The predicted molar refractivity (Wildman–Crippen MR) is 63.1 cm³/mol. The Hall–Kier alpha value is -1.48. The average Bonchev–Trinajstić information content (AvgIpc) is 2.51. The van der Waals surface area contributed by atoms with Crippen LogP contribution in [0.4, 0.5) is 4.79 Å². The topological polar surface area (TPSA) is 171 Å². The van der Waals surface area contributed by atoms with Crippen LogP contribution < -0.4 is 4.72 Å². The monoisotopic (exact) mass is 345 g/mol. The number of piperidine rings is 1. The van der Waals surface area contributed by atoms with Gasteiger partial charge in [0.2, 0.25) is 0 Å². The smallest absolute Gasteiger partial charge is 0.309 e. The number of carbonyl (C=O) groups is 2. The van der Waals surface area contributed by atoms with Crippen molar-refractivity contribution in [2.24, 2.45) is 0 Å². The third kappa shape index (κ3) is 3.59. The molecule has 120 valence electrons. The fraction of sp³-hybridized carbons (Fsp3) is 0.714. The molecule has 0 aromatic heterocycles. The van der Waals surface area contributed by atoms with Gasteiger partial charge >= 0.3 is 26.7 Å². The summed E-state index contributed by atoms with van der Waals surface area (Å²) in [6, 6.07) is -2.91. The van der Waals surface area contributed by atoms with Crippen molar-refractivity contribution in [3.63, 3.8) is 0 Å². The number of nitrogens with one attached hydrogen (secondary N) is 1. The largest absolute Gasteiger partial charge is 0.418 e. The lowest BCUT2D eigenvalue weighted by Crippen LogP contribution is -2.50. The lowest BCUT2D eigenvalue weighted by Gasteiger charge is -2.28. The first-order chi connectivity index (χ1) is 9.48. The second-order valence-electron chi connectivity index (χ2n) is 4.45. The maximum atomic E-state index is 11.9. The molecule has 2 bridgehead atoms. The Labute approximate surface area is 119 Å². The number of nitrogens with zero attached hydrogens (tertiary/aromatic N) is 2. The van der Waals surface area contributed by atoms with E-state index in [-0.39, 0.29) is 19.4 Å². The molecule has 0 aromatic carbocycles. The highest BCUT2D eigenvalue weighted by atomic mass is 32.3. The van der Waals surface area contributed by atoms with Crippen molar-refractivity contribution < 1.29 is 39.8 Å². The van der Waals surface area contributed by atoms with Crippen LogP contribution in [0.1, 0.15) is 12.8 Å². The molecule has 1 unspecified atom stereocenters. The summed E-state index contributed by atoms with van der Waals surface area (Å²) in [6.07, 6.45) is 0.171.